The van der Waals surface area contributed by atoms with Gasteiger partial charge in [-0.15, -0.1) is 0 Å². The van der Waals surface area contributed by atoms with Crippen LogP contribution in [0.25, 0.3) is 0 Å². The van der Waals surface area contributed by atoms with Crippen molar-refractivity contribution in [2.24, 2.45) is 64.6 Å². The average molecular weight is 381 g/mol. The number of Topliss-reactive ketones (excluding diaryl/α,β-unsaturated/α-hetero) is 1. The first-order valence-electron chi connectivity index (χ1n) is 11.5. The molecule has 10 aliphatic carbocycles. The van der Waals surface area contributed by atoms with Crippen molar-refractivity contribution >= 4 is 17.7 Å². The van der Waals surface area contributed by atoms with Gasteiger partial charge in [0.1, 0.15) is 5.78 Å². The third-order valence-electron chi connectivity index (χ3n) is 11.0. The molecule has 28 heavy (non-hydrogen) atoms. The first-order chi connectivity index (χ1) is 13.5. The number of nitrogens with one attached hydrogen (secondary N) is 1. The van der Waals surface area contributed by atoms with E-state index in [0.717, 1.165) is 43.4 Å². The number of esters is 1. The lowest BCUT2D eigenvalue weighted by atomic mass is 9.32. The standard InChI is InChI=1S/C23H27NO4/c25-14(24-22-5-9-1-10(6-22)3-11(2-9)7-22)8-28-21(27)23-17-13-4-12-15(17)19(23)20(26)16(12)18(13)23/h9-13,15-19H,1-8H2,(H,24,25). The van der Waals surface area contributed by atoms with Crippen molar-refractivity contribution in [3.8, 4) is 0 Å². The second-order valence-corrected chi connectivity index (χ2v) is 11.9. The maximum atomic E-state index is 13.1. The summed E-state index contributed by atoms with van der Waals surface area (Å²) in [5.41, 5.74) is -0.547. The molecule has 10 saturated carbocycles. The molecule has 0 radical (unpaired) electrons. The summed E-state index contributed by atoms with van der Waals surface area (Å²) in [7, 11) is 0. The van der Waals surface area contributed by atoms with Crippen molar-refractivity contribution in [1.82, 2.24) is 5.32 Å². The van der Waals surface area contributed by atoms with Crippen LogP contribution in [0.15, 0.2) is 0 Å². The number of ketones is 1. The first kappa shape index (κ1) is 15.4. The Labute approximate surface area is 164 Å². The summed E-state index contributed by atoms with van der Waals surface area (Å²) in [6.07, 6.45) is 8.51. The smallest absolute Gasteiger partial charge is 0.313 e. The fourth-order valence-corrected chi connectivity index (χ4v) is 11.2. The molecule has 5 nitrogen and oxygen atoms in total. The molecule has 0 spiro atoms. The van der Waals surface area contributed by atoms with Gasteiger partial charge in [-0.3, -0.25) is 14.4 Å². The lowest BCUT2D eigenvalue weighted by molar-refractivity contribution is -0.264. The second kappa shape index (κ2) is 4.37. The number of hydrogen-bond donors (Lipinski definition) is 1. The van der Waals surface area contributed by atoms with Crippen molar-refractivity contribution in [1.29, 1.82) is 0 Å². The summed E-state index contributed by atoms with van der Waals surface area (Å²) in [5, 5.41) is 3.29. The molecule has 0 aromatic heterocycles. The molecule has 10 aliphatic rings. The highest BCUT2D eigenvalue weighted by Crippen LogP contribution is 2.92. The Kier molecular flexibility index (Phi) is 2.41. The van der Waals surface area contributed by atoms with Crippen LogP contribution in [-0.4, -0.2) is 29.8 Å². The molecule has 0 aromatic rings. The SMILES string of the molecule is O=C(COC(=O)C12C3C(=O)C4C5CC(C41)C2C53)NC12CC3CC(CC(C3)C1)C2. The van der Waals surface area contributed by atoms with E-state index in [4.69, 9.17) is 4.74 Å². The van der Waals surface area contributed by atoms with E-state index < -0.39 is 5.41 Å². The molecule has 8 unspecified atom stereocenters. The van der Waals surface area contributed by atoms with Crippen LogP contribution in [0.4, 0.5) is 0 Å². The Morgan fingerprint density at radius 1 is 0.964 bits per heavy atom. The van der Waals surface area contributed by atoms with Crippen LogP contribution in [-0.2, 0) is 19.1 Å². The Balaban J connectivity index is 0.967. The van der Waals surface area contributed by atoms with Crippen molar-refractivity contribution in [3.05, 3.63) is 0 Å². The lowest BCUT2D eigenvalue weighted by Crippen LogP contribution is -2.74. The van der Waals surface area contributed by atoms with E-state index in [2.05, 4.69) is 5.32 Å². The van der Waals surface area contributed by atoms with Gasteiger partial charge in [0.25, 0.3) is 5.91 Å². The maximum absolute atomic E-state index is 13.1. The summed E-state index contributed by atoms with van der Waals surface area (Å²) in [4.78, 5) is 38.4. The summed E-state index contributed by atoms with van der Waals surface area (Å²) < 4.78 is 5.61. The van der Waals surface area contributed by atoms with E-state index in [1.165, 1.54) is 19.3 Å². The van der Waals surface area contributed by atoms with Crippen LogP contribution < -0.4 is 5.32 Å². The van der Waals surface area contributed by atoms with Gasteiger partial charge >= 0.3 is 5.97 Å². The monoisotopic (exact) mass is 381 g/mol. The fraction of sp³-hybridized carbons (Fsp3) is 0.870. The molecule has 148 valence electrons. The highest BCUT2D eigenvalue weighted by Gasteiger charge is 2.96. The van der Waals surface area contributed by atoms with Gasteiger partial charge in [-0.05, 0) is 92.3 Å². The average Bonchev–Trinajstić information content (AvgIpc) is 3.13. The zero-order valence-electron chi connectivity index (χ0n) is 16.1. The van der Waals surface area contributed by atoms with Crippen LogP contribution in [0.3, 0.4) is 0 Å². The van der Waals surface area contributed by atoms with E-state index >= 15 is 0 Å². The molecule has 10 rings (SSSR count). The van der Waals surface area contributed by atoms with E-state index in [1.54, 1.807) is 0 Å². The van der Waals surface area contributed by atoms with Crippen LogP contribution in [0, 0.1) is 64.6 Å². The van der Waals surface area contributed by atoms with Gasteiger partial charge in [0.15, 0.2) is 6.61 Å². The lowest BCUT2D eigenvalue weighted by Gasteiger charge is -2.69. The molecule has 5 heteroatoms. The molecule has 0 aliphatic heterocycles. The van der Waals surface area contributed by atoms with Gasteiger partial charge in [0, 0.05) is 17.4 Å². The molecule has 8 bridgehead atoms. The molecule has 1 N–H and O–H groups in total. The molecule has 0 aromatic carbocycles. The minimum Gasteiger partial charge on any atom is -0.455 e. The van der Waals surface area contributed by atoms with E-state index in [1.807, 2.05) is 0 Å². The zero-order chi connectivity index (χ0) is 18.6. The van der Waals surface area contributed by atoms with Gasteiger partial charge in [-0.25, -0.2) is 0 Å². The maximum Gasteiger partial charge on any atom is 0.313 e. The molecule has 0 saturated heterocycles. The number of ether oxygens (including phenoxy) is 1. The molecule has 1 amide bonds. The first-order valence-corrected chi connectivity index (χ1v) is 11.5. The topological polar surface area (TPSA) is 72.5 Å². The van der Waals surface area contributed by atoms with Crippen LogP contribution in [0.2, 0.25) is 0 Å². The Hall–Kier alpha value is -1.39. The molecule has 0 heterocycles. The predicted molar refractivity (Wildman–Crippen MR) is 96.5 cm³/mol. The number of hydrogen-bond acceptors (Lipinski definition) is 4. The molecular formula is C23H27NO4. The quantitative estimate of drug-likeness (QED) is 0.756. The van der Waals surface area contributed by atoms with Crippen molar-refractivity contribution in [2.45, 2.75) is 50.5 Å². The van der Waals surface area contributed by atoms with Gasteiger partial charge in [-0.2, -0.15) is 0 Å². The van der Waals surface area contributed by atoms with E-state index in [9.17, 15) is 14.4 Å². The zero-order valence-corrected chi connectivity index (χ0v) is 16.1. The van der Waals surface area contributed by atoms with E-state index in [0.29, 0.717) is 29.5 Å². The molecule has 10 fully saturated rings. The number of carbonyl (C=O) groups is 3. The summed E-state index contributed by atoms with van der Waals surface area (Å²) in [5.74, 6) is 4.71. The molecular weight excluding hydrogens is 354 g/mol. The summed E-state index contributed by atoms with van der Waals surface area (Å²) in [6, 6.07) is 0. The highest BCUT2D eigenvalue weighted by molar-refractivity contribution is 6.03. The van der Waals surface area contributed by atoms with Crippen LogP contribution in [0.5, 0.6) is 0 Å². The van der Waals surface area contributed by atoms with Crippen molar-refractivity contribution in [3.63, 3.8) is 0 Å². The van der Waals surface area contributed by atoms with E-state index in [-0.39, 0.29) is 41.8 Å². The van der Waals surface area contributed by atoms with Gasteiger partial charge in [0.05, 0.1) is 5.41 Å². The largest absolute Gasteiger partial charge is 0.455 e. The third kappa shape index (κ3) is 1.38. The predicted octanol–water partition coefficient (Wildman–Crippen LogP) is 1.94. The Bertz CT molecular complexity index is 829. The second-order valence-electron chi connectivity index (χ2n) is 11.9. The fourth-order valence-electron chi connectivity index (χ4n) is 11.2. The minimum absolute atomic E-state index is 0.0378. The van der Waals surface area contributed by atoms with Crippen molar-refractivity contribution in [2.75, 3.05) is 6.61 Å². The van der Waals surface area contributed by atoms with Gasteiger partial charge in [-0.1, -0.05) is 0 Å². The summed E-state index contributed by atoms with van der Waals surface area (Å²) >= 11 is 0. The van der Waals surface area contributed by atoms with Gasteiger partial charge in [0.2, 0.25) is 0 Å². The molecule has 8 atom stereocenters. The highest BCUT2D eigenvalue weighted by atomic mass is 16.5. The van der Waals surface area contributed by atoms with Crippen molar-refractivity contribution < 1.29 is 19.1 Å². The third-order valence-corrected chi connectivity index (χ3v) is 11.0. The van der Waals surface area contributed by atoms with Crippen LogP contribution >= 0.6 is 0 Å². The number of carbonyl (C=O) groups excluding carboxylic acids is 3. The number of amides is 1. The minimum atomic E-state index is -0.509. The van der Waals surface area contributed by atoms with Gasteiger partial charge < -0.3 is 10.1 Å². The summed E-state index contributed by atoms with van der Waals surface area (Å²) in [6.45, 7) is -0.161. The Morgan fingerprint density at radius 3 is 2.29 bits per heavy atom. The normalized spacial score (nSPS) is 62.1. The number of rotatable bonds is 4. The van der Waals surface area contributed by atoms with Crippen LogP contribution in [0.1, 0.15) is 44.9 Å². The Morgan fingerprint density at radius 2 is 1.64 bits per heavy atom.